The molecule has 0 unspecified atom stereocenters. The van der Waals surface area contributed by atoms with Gasteiger partial charge in [0.25, 0.3) is 15.9 Å². The summed E-state index contributed by atoms with van der Waals surface area (Å²) in [6.45, 7) is 4.70. The molecule has 4 rings (SSSR count). The van der Waals surface area contributed by atoms with Gasteiger partial charge >= 0.3 is 0 Å². The second-order valence-electron chi connectivity index (χ2n) is 7.88. The molecule has 1 fully saturated rings. The third-order valence-electron chi connectivity index (χ3n) is 5.24. The van der Waals surface area contributed by atoms with Crippen LogP contribution in [0.25, 0.3) is 10.9 Å². The largest absolute Gasteiger partial charge is 0.377 e. The number of nitrogens with one attached hydrogen (secondary N) is 1. The smallest absolute Gasteiger partial charge is 0.268 e. The highest BCUT2D eigenvalue weighted by Crippen LogP contribution is 2.44. The number of hydrogen-bond donors (Lipinski definition) is 1. The van der Waals surface area contributed by atoms with Gasteiger partial charge in [-0.1, -0.05) is 18.2 Å². The number of fused-ring (bicyclic) bond motifs is 1. The summed E-state index contributed by atoms with van der Waals surface area (Å²) in [5.41, 5.74) is 2.19. The average molecular weight is 427 g/mol. The van der Waals surface area contributed by atoms with E-state index in [4.69, 9.17) is 4.74 Å². The van der Waals surface area contributed by atoms with Crippen molar-refractivity contribution < 1.29 is 17.9 Å². The molecule has 0 bridgehead atoms. The van der Waals surface area contributed by atoms with E-state index in [0.29, 0.717) is 30.1 Å². The zero-order valence-electron chi connectivity index (χ0n) is 17.2. The fourth-order valence-corrected chi connectivity index (χ4v) is 4.92. The Balaban J connectivity index is 1.56. The van der Waals surface area contributed by atoms with E-state index in [2.05, 4.69) is 5.32 Å². The van der Waals surface area contributed by atoms with Gasteiger partial charge in [-0.15, -0.1) is 0 Å². The summed E-state index contributed by atoms with van der Waals surface area (Å²) < 4.78 is 33.4. The molecule has 158 valence electrons. The first kappa shape index (κ1) is 20.6. The van der Waals surface area contributed by atoms with Crippen molar-refractivity contribution in [2.75, 3.05) is 13.2 Å². The molecule has 1 N–H and O–H groups in total. The quantitative estimate of drug-likeness (QED) is 0.554. The Kier molecular flexibility index (Phi) is 5.66. The second kappa shape index (κ2) is 8.24. The molecule has 0 spiro atoms. The number of benzene rings is 2. The van der Waals surface area contributed by atoms with Crippen LogP contribution >= 0.6 is 0 Å². The van der Waals surface area contributed by atoms with E-state index < -0.39 is 10.0 Å². The van der Waals surface area contributed by atoms with Crippen molar-refractivity contribution >= 4 is 26.8 Å². The molecule has 1 amide bonds. The van der Waals surface area contributed by atoms with Gasteiger partial charge in [0, 0.05) is 23.7 Å². The molecule has 3 aromatic rings. The van der Waals surface area contributed by atoms with Crippen molar-refractivity contribution in [2.24, 2.45) is 0 Å². The summed E-state index contributed by atoms with van der Waals surface area (Å²) in [6, 6.07) is 13.6. The Labute approximate surface area is 176 Å². The maximum atomic E-state index is 13.3. The van der Waals surface area contributed by atoms with Gasteiger partial charge in [-0.25, -0.2) is 12.4 Å². The lowest BCUT2D eigenvalue weighted by Gasteiger charge is -2.10. The molecule has 1 heterocycles. The lowest BCUT2D eigenvalue weighted by atomic mass is 10.1. The van der Waals surface area contributed by atoms with Crippen molar-refractivity contribution in [3.8, 4) is 0 Å². The number of nitrogens with zero attached hydrogens (tertiary/aromatic N) is 1. The highest BCUT2D eigenvalue weighted by Gasteiger charge is 2.29. The highest BCUT2D eigenvalue weighted by atomic mass is 32.2. The number of para-hydroxylation sites is 1. The van der Waals surface area contributed by atoms with Crippen molar-refractivity contribution in [2.45, 2.75) is 43.6 Å². The highest BCUT2D eigenvalue weighted by molar-refractivity contribution is 7.90. The maximum Gasteiger partial charge on any atom is 0.268 e. The van der Waals surface area contributed by atoms with Crippen LogP contribution in [0.3, 0.4) is 0 Å². The first-order valence-electron chi connectivity index (χ1n) is 10.2. The minimum atomic E-state index is -3.76. The van der Waals surface area contributed by atoms with Gasteiger partial charge in [0.15, 0.2) is 0 Å². The van der Waals surface area contributed by atoms with Crippen LogP contribution in [-0.2, 0) is 14.8 Å². The van der Waals surface area contributed by atoms with E-state index in [1.807, 2.05) is 38.1 Å². The number of carbonyl (C=O) groups excluding carboxylic acids is 1. The van der Waals surface area contributed by atoms with Gasteiger partial charge in [0.1, 0.15) is 0 Å². The summed E-state index contributed by atoms with van der Waals surface area (Å²) in [6.07, 6.45) is 4.06. The molecule has 1 aromatic heterocycles. The van der Waals surface area contributed by atoms with Gasteiger partial charge < -0.3 is 10.1 Å². The lowest BCUT2D eigenvalue weighted by Crippen LogP contribution is -2.28. The first-order chi connectivity index (χ1) is 14.4. The fraction of sp³-hybridized carbons (Fsp3) is 0.348. The van der Waals surface area contributed by atoms with Crippen molar-refractivity contribution in [1.29, 1.82) is 0 Å². The van der Waals surface area contributed by atoms with Crippen LogP contribution in [0.4, 0.5) is 0 Å². The first-order valence-corrected chi connectivity index (χ1v) is 11.7. The van der Waals surface area contributed by atoms with Gasteiger partial charge in [-0.3, -0.25) is 4.79 Å². The zero-order chi connectivity index (χ0) is 21.3. The molecule has 6 nitrogen and oxygen atoms in total. The van der Waals surface area contributed by atoms with Crippen molar-refractivity contribution in [1.82, 2.24) is 9.29 Å². The minimum Gasteiger partial charge on any atom is -0.377 e. The van der Waals surface area contributed by atoms with Gasteiger partial charge in [0.05, 0.1) is 23.1 Å². The van der Waals surface area contributed by atoms with E-state index in [1.54, 1.807) is 18.3 Å². The summed E-state index contributed by atoms with van der Waals surface area (Å²) in [5.74, 6) is 0.186. The Morgan fingerprint density at radius 1 is 1.13 bits per heavy atom. The number of carbonyl (C=O) groups is 1. The Bertz CT molecular complexity index is 1160. The molecule has 0 radical (unpaired) electrons. The second-order valence-corrected chi connectivity index (χ2v) is 9.69. The van der Waals surface area contributed by atoms with Gasteiger partial charge in [-0.2, -0.15) is 0 Å². The molecule has 1 saturated carbocycles. The molecule has 1 aliphatic rings. The monoisotopic (exact) mass is 426 g/mol. The number of aromatic nitrogens is 1. The van der Waals surface area contributed by atoms with Crippen LogP contribution in [0.1, 0.15) is 48.5 Å². The van der Waals surface area contributed by atoms with Crippen molar-refractivity contribution in [3.63, 3.8) is 0 Å². The fourth-order valence-electron chi connectivity index (χ4n) is 3.55. The Hall–Kier alpha value is -2.64. The summed E-state index contributed by atoms with van der Waals surface area (Å²) >= 11 is 0. The molecule has 0 atom stereocenters. The Morgan fingerprint density at radius 3 is 2.50 bits per heavy atom. The van der Waals surface area contributed by atoms with E-state index >= 15 is 0 Å². The number of hydrogen-bond acceptors (Lipinski definition) is 4. The number of rotatable bonds is 8. The van der Waals surface area contributed by atoms with Crippen molar-refractivity contribution in [3.05, 3.63) is 65.9 Å². The van der Waals surface area contributed by atoms with Crippen LogP contribution in [-0.4, -0.2) is 37.6 Å². The molecule has 0 aliphatic heterocycles. The van der Waals surface area contributed by atoms with Gasteiger partial charge in [-0.05, 0) is 68.5 Å². The molecule has 2 aromatic carbocycles. The molecule has 30 heavy (non-hydrogen) atoms. The lowest BCUT2D eigenvalue weighted by molar-refractivity contribution is 0.0746. The molecule has 1 aliphatic carbocycles. The predicted octanol–water partition coefficient (Wildman–Crippen LogP) is 3.91. The van der Waals surface area contributed by atoms with E-state index in [0.717, 1.165) is 23.8 Å². The minimum absolute atomic E-state index is 0.108. The Morgan fingerprint density at radius 2 is 1.83 bits per heavy atom. The molecular formula is C23H26N2O4S. The van der Waals surface area contributed by atoms with E-state index in [-0.39, 0.29) is 16.9 Å². The third kappa shape index (κ3) is 4.13. The molecular weight excluding hydrogens is 400 g/mol. The SMILES string of the molecule is CC(C)OCCNC(=O)c1ccc(S(=O)(=O)n2cc(C3CC3)c3ccccc32)cc1. The number of ether oxygens (including phenoxy) is 1. The summed E-state index contributed by atoms with van der Waals surface area (Å²) in [5, 5.41) is 3.76. The summed E-state index contributed by atoms with van der Waals surface area (Å²) in [4.78, 5) is 12.4. The van der Waals surface area contributed by atoms with Gasteiger partial charge in [0.2, 0.25) is 0 Å². The third-order valence-corrected chi connectivity index (χ3v) is 6.93. The maximum absolute atomic E-state index is 13.3. The topological polar surface area (TPSA) is 77.4 Å². The molecule has 7 heteroatoms. The number of amides is 1. The van der Waals surface area contributed by atoms with E-state index in [1.165, 1.54) is 16.1 Å². The average Bonchev–Trinajstić information content (AvgIpc) is 3.50. The zero-order valence-corrected chi connectivity index (χ0v) is 18.0. The van der Waals surface area contributed by atoms with Crippen LogP contribution < -0.4 is 5.32 Å². The predicted molar refractivity (Wildman–Crippen MR) is 116 cm³/mol. The normalized spacial score (nSPS) is 14.4. The van der Waals surface area contributed by atoms with Crippen LogP contribution in [0.5, 0.6) is 0 Å². The van der Waals surface area contributed by atoms with Crippen LogP contribution in [0.15, 0.2) is 59.6 Å². The molecule has 0 saturated heterocycles. The van der Waals surface area contributed by atoms with Crippen LogP contribution in [0.2, 0.25) is 0 Å². The van der Waals surface area contributed by atoms with Crippen LogP contribution in [0, 0.1) is 0 Å². The summed E-state index contributed by atoms with van der Waals surface area (Å²) in [7, 11) is -3.76. The van der Waals surface area contributed by atoms with E-state index in [9.17, 15) is 13.2 Å². The standard InChI is InChI=1S/C23H26N2O4S/c1-16(2)29-14-13-24-23(26)18-9-11-19(12-10-18)30(27,28)25-15-21(17-7-8-17)20-5-3-4-6-22(20)25/h3-6,9-12,15-17H,7-8,13-14H2,1-2H3,(H,24,26).